The van der Waals surface area contributed by atoms with Gasteiger partial charge >= 0.3 is 514 Å². The van der Waals surface area contributed by atoms with E-state index in [4.69, 9.17) is 30.6 Å². The van der Waals surface area contributed by atoms with Gasteiger partial charge in [0.2, 0.25) is 0 Å². The number of phenolic OH excluding ortho intramolecular Hbond substituents is 8. The first-order valence-electron chi connectivity index (χ1n) is 30.7. The predicted octanol–water partition coefficient (Wildman–Crippen LogP) is -12.2. The third-order valence-corrected chi connectivity index (χ3v) is 16.0. The van der Waals surface area contributed by atoms with E-state index >= 15 is 0 Å². The van der Waals surface area contributed by atoms with Crippen LogP contribution in [0, 0.1) is 63.4 Å². The number of aliphatic hydroxyl groups excluding tert-OH is 2. The second-order valence-electron chi connectivity index (χ2n) is 21.8. The SMILES string of the molecule is CO.CO.Oc1[c-]cc(-c2c[c-]c(O)cc2)cc1.Oc1[c-]cc(C(c2c[c-]c(O)cc2)(c2ccccc2)c2ccccc2)cc1.Oc1[c-]cc(C2(c3c[c-]c(O)cc3)c3ccccc3-c3ccccc32)cc1.Oc1[c-]cc(Cc2c[c-]c(O)cc2)cc1.[CH3-].[CH3-].[K+].[K+].[K+].[K+].[K+].[K+].[K+].[K+].[K+].[K+].c1ccc2ccccc2c1. The Labute approximate surface area is 1070 Å². The molecular weight excluding hydrogens is 1620 g/mol. The fourth-order valence-electron chi connectivity index (χ4n) is 11.7. The monoisotopic (exact) mass is 1690 g/mol. The summed E-state index contributed by atoms with van der Waals surface area (Å²) in [5.74, 6) is 0.980. The molecule has 0 spiro atoms. The molecule has 14 aromatic carbocycles. The van der Waals surface area contributed by atoms with E-state index in [-0.39, 0.29) is 575 Å². The molecule has 10 nitrogen and oxygen atoms in total. The third kappa shape index (κ3) is 33.9. The summed E-state index contributed by atoms with van der Waals surface area (Å²) in [5.41, 5.74) is 13.6. The van der Waals surface area contributed by atoms with Crippen molar-refractivity contribution in [1.29, 1.82) is 0 Å². The molecule has 0 fully saturated rings. The van der Waals surface area contributed by atoms with Crippen LogP contribution in [0.25, 0.3) is 33.0 Å². The molecule has 0 unspecified atom stereocenters. The number of aromatic hydroxyl groups is 8. The number of phenols is 8. The van der Waals surface area contributed by atoms with Crippen LogP contribution in [-0.2, 0) is 17.3 Å². The van der Waals surface area contributed by atoms with Crippen LogP contribution in [-0.4, -0.2) is 65.3 Å². The molecule has 10 N–H and O–H groups in total. The van der Waals surface area contributed by atoms with Crippen molar-refractivity contribution in [2.24, 2.45) is 0 Å². The van der Waals surface area contributed by atoms with Gasteiger partial charge in [0.25, 0.3) is 0 Å². The fraction of sp³-hybridized carbons (Fsp3) is 0.0562. The molecule has 109 heavy (non-hydrogen) atoms. The van der Waals surface area contributed by atoms with Gasteiger partial charge in [-0.1, -0.05) is 175 Å². The maximum Gasteiger partial charge on any atom is 1.00 e. The Kier molecular flexibility index (Phi) is 69.9. The van der Waals surface area contributed by atoms with Crippen molar-refractivity contribution in [2.75, 3.05) is 14.2 Å². The molecule has 1 aliphatic rings. The molecule has 0 atom stereocenters. The standard InChI is InChI=1S/C25H16O2.C25H18O2.C13H10O2.C12H8O2.C10H8.2CH4O.2CH3.10K/c26-19-13-9-17(10-14-19)25(18-11-15-20(27)16-12-18)23-7-3-1-5-21(23)22-6-2-4-8-24(22)25;26-23-15-11-21(12-16-23)25(19-7-3-1-4-8-19,20-9-5-2-6-10-20)22-13-17-24(27)18-14-22;14-12-5-1-10(2-6-12)9-11-3-7-13(15)8-4-11;13-11-5-1-9(2-6-11)10-3-7-12(14)8-4-10;1-2-6-10-8-4-3-7-9(10)5-1;2*1-2;;;;;;;;;;;;/h1-13,15,26-27H;1-15,17,26-27H;1-5,7,14-15H,9H2;1-5,7,13-14H;1-8H;2*2H,1H3;2*1H3;;;;;;;;;;/q4*-2;;;;2*-1;10*+1. The van der Waals surface area contributed by atoms with Gasteiger partial charge < -0.3 is 65.9 Å². The first-order chi connectivity index (χ1) is 47.4. The Hall–Kier alpha value is 4.02. The van der Waals surface area contributed by atoms with E-state index in [1.807, 2.05) is 109 Å². The summed E-state index contributed by atoms with van der Waals surface area (Å²) >= 11 is 0. The van der Waals surface area contributed by atoms with Gasteiger partial charge in [-0.15, -0.1) is 119 Å². The van der Waals surface area contributed by atoms with Crippen LogP contribution in [0.15, 0.2) is 303 Å². The molecular formula is C89H74K10O10. The molecule has 0 heterocycles. The van der Waals surface area contributed by atoms with Crippen LogP contribution in [0.1, 0.15) is 55.6 Å². The number of benzene rings is 14. The summed E-state index contributed by atoms with van der Waals surface area (Å²) in [5, 5.41) is 92.0. The second kappa shape index (κ2) is 63.9. The molecule has 0 radical (unpaired) electrons. The predicted molar refractivity (Wildman–Crippen MR) is 393 cm³/mol. The number of fused-ring (bicyclic) bond motifs is 4. The molecule has 500 valence electrons. The van der Waals surface area contributed by atoms with Crippen LogP contribution in [0.3, 0.4) is 0 Å². The molecule has 20 heteroatoms. The van der Waals surface area contributed by atoms with E-state index in [9.17, 15) is 20.4 Å². The molecule has 1 aliphatic carbocycles. The van der Waals surface area contributed by atoms with Gasteiger partial charge in [0.05, 0.1) is 0 Å². The summed E-state index contributed by atoms with van der Waals surface area (Å²) in [7, 11) is 2.00. The summed E-state index contributed by atoms with van der Waals surface area (Å²) in [4.78, 5) is 0. The third-order valence-electron chi connectivity index (χ3n) is 16.0. The van der Waals surface area contributed by atoms with Crippen LogP contribution >= 0.6 is 0 Å². The molecule has 0 amide bonds. The quantitative estimate of drug-likeness (QED) is 0.0376. The fourth-order valence-corrected chi connectivity index (χ4v) is 11.7. The topological polar surface area (TPSA) is 202 Å². The zero-order valence-electron chi connectivity index (χ0n) is 65.0. The largest absolute Gasteiger partial charge is 1.00 e. The van der Waals surface area contributed by atoms with E-state index in [2.05, 4.69) is 158 Å². The Morgan fingerprint density at radius 2 is 0.505 bits per heavy atom. The molecule has 15 rings (SSSR count). The first-order valence-corrected chi connectivity index (χ1v) is 30.7. The minimum absolute atomic E-state index is 0. The number of rotatable bonds is 9. The average molecular weight is 1690 g/mol. The van der Waals surface area contributed by atoms with Gasteiger partial charge in [-0.25, -0.2) is 0 Å². The van der Waals surface area contributed by atoms with Crippen molar-refractivity contribution in [3.05, 3.63) is 422 Å². The normalized spacial score (nSPS) is 9.91. The first kappa shape index (κ1) is 119. The van der Waals surface area contributed by atoms with Gasteiger partial charge in [-0.05, 0) is 43.9 Å². The summed E-state index contributed by atoms with van der Waals surface area (Å²) in [6.45, 7) is 0. The van der Waals surface area contributed by atoms with Gasteiger partial charge in [0.1, 0.15) is 0 Å². The molecule has 0 saturated carbocycles. The van der Waals surface area contributed by atoms with E-state index in [0.717, 1.165) is 76.3 Å². The second-order valence-corrected chi connectivity index (χ2v) is 21.8. The van der Waals surface area contributed by atoms with Crippen molar-refractivity contribution < 1.29 is 565 Å². The molecule has 0 aromatic heterocycles. The average Bonchev–Trinajstić information content (AvgIpc) is 1.56. The summed E-state index contributed by atoms with van der Waals surface area (Å²) in [6, 6.07) is 119. The van der Waals surface area contributed by atoms with Crippen molar-refractivity contribution in [3.63, 3.8) is 0 Å². The van der Waals surface area contributed by atoms with Crippen molar-refractivity contribution in [2.45, 2.75) is 17.3 Å². The van der Waals surface area contributed by atoms with E-state index in [0.29, 0.717) is 0 Å². The van der Waals surface area contributed by atoms with Gasteiger partial charge in [-0.2, -0.15) is 119 Å². The van der Waals surface area contributed by atoms with Crippen molar-refractivity contribution >= 4 is 10.8 Å². The molecule has 0 bridgehead atoms. The Morgan fingerprint density at radius 3 is 0.771 bits per heavy atom. The van der Waals surface area contributed by atoms with Crippen LogP contribution < -0.4 is 514 Å². The van der Waals surface area contributed by atoms with E-state index < -0.39 is 10.8 Å². The maximum absolute atomic E-state index is 9.79. The Morgan fingerprint density at radius 1 is 0.248 bits per heavy atom. The number of hydrogen-bond donors (Lipinski definition) is 10. The van der Waals surface area contributed by atoms with Crippen LogP contribution in [0.5, 0.6) is 46.0 Å². The van der Waals surface area contributed by atoms with Gasteiger partial charge in [0, 0.05) is 60.2 Å². The maximum atomic E-state index is 9.79. The summed E-state index contributed by atoms with van der Waals surface area (Å²) < 4.78 is 0. The van der Waals surface area contributed by atoms with Crippen molar-refractivity contribution in [3.8, 4) is 68.2 Å². The van der Waals surface area contributed by atoms with Crippen LogP contribution in [0.4, 0.5) is 0 Å². The smallest absolute Gasteiger partial charge is 0.534 e. The van der Waals surface area contributed by atoms with Gasteiger partial charge in [0.15, 0.2) is 0 Å². The Balaban J connectivity index is -0.000000631. The van der Waals surface area contributed by atoms with Crippen LogP contribution in [0.2, 0.25) is 0 Å². The molecule has 14 aromatic rings. The zero-order chi connectivity index (χ0) is 68.6. The number of hydrogen-bond acceptors (Lipinski definition) is 10. The van der Waals surface area contributed by atoms with Gasteiger partial charge in [-0.3, -0.25) is 0 Å². The van der Waals surface area contributed by atoms with E-state index in [1.54, 1.807) is 84.9 Å². The molecule has 0 saturated heterocycles. The molecule has 0 aliphatic heterocycles. The minimum atomic E-state index is -0.628. The Bertz CT molecular complexity index is 4290. The van der Waals surface area contributed by atoms with Crippen molar-refractivity contribution in [1.82, 2.24) is 0 Å². The number of aliphatic hydroxyl groups is 2. The van der Waals surface area contributed by atoms with E-state index in [1.165, 1.54) is 33.0 Å². The minimum Gasteiger partial charge on any atom is -0.534 e. The zero-order valence-corrected chi connectivity index (χ0v) is 96.3. The summed E-state index contributed by atoms with van der Waals surface area (Å²) in [6.07, 6.45) is 0.744.